The molecular weight excluding hydrogens is 1070 g/mol. The van der Waals surface area contributed by atoms with Gasteiger partial charge in [-0.05, 0) is 112 Å². The number of aliphatic hydroxyl groups excluding tert-OH is 2. The van der Waals surface area contributed by atoms with Gasteiger partial charge in [0.2, 0.25) is 5.91 Å². The lowest BCUT2D eigenvalue weighted by molar-refractivity contribution is -0.278. The second-order valence-corrected chi connectivity index (χ2v) is 25.5. The Morgan fingerprint density at radius 2 is 1.61 bits per heavy atom. The molecule has 0 aromatic heterocycles. The summed E-state index contributed by atoms with van der Waals surface area (Å²) in [6.07, 6.45) is -4.42. The highest BCUT2D eigenvalue weighted by Crippen LogP contribution is 2.46. The highest BCUT2D eigenvalue weighted by molar-refractivity contribution is 14.1. The molecule has 4 aliphatic rings. The first-order chi connectivity index (χ1) is 33.6. The third-order valence-electron chi connectivity index (χ3n) is 16.7. The zero-order chi connectivity index (χ0) is 53.8. The summed E-state index contributed by atoms with van der Waals surface area (Å²) in [5, 5.41) is 46.7. The number of alkyl halides is 2. The average molecular weight is 1150 g/mol. The molecule has 2 unspecified atom stereocenters. The zero-order valence-electron chi connectivity index (χ0n) is 44.6. The van der Waals surface area contributed by atoms with Crippen LogP contribution in [0.1, 0.15) is 124 Å². The van der Waals surface area contributed by atoms with E-state index in [0.717, 1.165) is 5.56 Å². The molecule has 0 bridgehead atoms. The minimum Gasteiger partial charge on any atom is -0.448 e. The van der Waals surface area contributed by atoms with Gasteiger partial charge in [0.1, 0.15) is 24.5 Å². The second-order valence-electron chi connectivity index (χ2n) is 22.1. The molecule has 4 fully saturated rings. The third kappa shape index (κ3) is 14.0. The molecule has 20 heteroatoms. The summed E-state index contributed by atoms with van der Waals surface area (Å²) in [6.45, 7) is 15.5. The monoisotopic (exact) mass is 1150 g/mol. The van der Waals surface area contributed by atoms with E-state index in [9.17, 15) is 43.1 Å². The number of sulfone groups is 1. The van der Waals surface area contributed by atoms with Crippen LogP contribution in [0.4, 0.5) is 4.39 Å². The lowest BCUT2D eigenvalue weighted by atomic mass is 9.68. The molecular formula is C52H85FIN3O14S. The standard InChI is InChI=1S/C52H85FIN3O14S/c1-28-24-51(8,67-13)47(30(3)42(39-25-50(7,66-12)46(60)33(6)69-39)31(4)48(61)71-49(54)52(9,62)45(59)32(5)43(28)55)70-41-23-37(22-29(2)68-41)57(10)20-18-40(58)56-38(26-53)44(65-11)35-16-14-34(15-17-35)36-19-21-72(63,64)27-36/h14-17,28-33,36-39,41-42,44-47,49,55,59-60,62H,18-27H2,1-13H3,(H,56,58)/t28-,29-,30+,31-,32+,33+,36?,37+,38-,39-,41+,42?,44-,45-,46+,47-,49+,50-,51-,52+/m1/s1. The quantitative estimate of drug-likeness (QED) is 0.0808. The first-order valence-electron chi connectivity index (χ1n) is 25.5. The fourth-order valence-corrected chi connectivity index (χ4v) is 14.3. The van der Waals surface area contributed by atoms with Crippen molar-refractivity contribution in [3.8, 4) is 0 Å². The van der Waals surface area contributed by atoms with Crippen LogP contribution >= 0.6 is 22.6 Å². The number of ether oxygens (including phenoxy) is 7. The summed E-state index contributed by atoms with van der Waals surface area (Å²) in [4.78, 5) is 30.1. The highest BCUT2D eigenvalue weighted by atomic mass is 127. The molecule has 1 amide bonds. The Balaban J connectivity index is 1.39. The van der Waals surface area contributed by atoms with Crippen molar-refractivity contribution in [2.45, 2.75) is 189 Å². The predicted molar refractivity (Wildman–Crippen MR) is 278 cm³/mol. The van der Waals surface area contributed by atoms with Gasteiger partial charge in [0, 0.05) is 70.7 Å². The number of methoxy groups -OCH3 is 3. The van der Waals surface area contributed by atoms with E-state index in [2.05, 4.69) is 10.2 Å². The van der Waals surface area contributed by atoms with Gasteiger partial charge in [-0.15, -0.1) is 0 Å². The molecule has 17 nitrogen and oxygen atoms in total. The van der Waals surface area contributed by atoms with Crippen LogP contribution in [0.2, 0.25) is 0 Å². The number of hydrogen-bond donors (Lipinski definition) is 5. The lowest BCUT2D eigenvalue weighted by Gasteiger charge is -2.52. The molecule has 4 heterocycles. The molecule has 0 spiro atoms. The van der Waals surface area contributed by atoms with Gasteiger partial charge < -0.3 is 64.1 Å². The van der Waals surface area contributed by atoms with E-state index < -0.39 is 122 Å². The fourth-order valence-electron chi connectivity index (χ4n) is 11.9. The number of rotatable bonds is 15. The summed E-state index contributed by atoms with van der Waals surface area (Å²) in [5.41, 5.74) is -2.40. The molecule has 72 heavy (non-hydrogen) atoms. The zero-order valence-corrected chi connectivity index (χ0v) is 47.6. The first kappa shape index (κ1) is 60.9. The van der Waals surface area contributed by atoms with Crippen molar-refractivity contribution >= 4 is 50.0 Å². The Morgan fingerprint density at radius 3 is 2.18 bits per heavy atom. The molecule has 412 valence electrons. The minimum atomic E-state index is -3.06. The molecule has 0 aliphatic carbocycles. The minimum absolute atomic E-state index is 0.0617. The average Bonchev–Trinajstić information content (AvgIpc) is 3.71. The number of amides is 1. The lowest BCUT2D eigenvalue weighted by Crippen LogP contribution is -2.61. The van der Waals surface area contributed by atoms with Crippen molar-refractivity contribution in [3.05, 3.63) is 35.4 Å². The number of hydrogen-bond acceptors (Lipinski definition) is 16. The number of benzene rings is 1. The molecule has 1 aromatic carbocycles. The van der Waals surface area contributed by atoms with E-state index in [0.29, 0.717) is 31.4 Å². The van der Waals surface area contributed by atoms with Crippen LogP contribution in [0.15, 0.2) is 24.3 Å². The number of nitrogens with one attached hydrogen (secondary N) is 2. The Kier molecular flexibility index (Phi) is 21.2. The maximum absolute atomic E-state index is 14.7. The maximum Gasteiger partial charge on any atom is 0.310 e. The molecule has 5 rings (SSSR count). The van der Waals surface area contributed by atoms with Gasteiger partial charge >= 0.3 is 5.97 Å². The number of aliphatic hydroxyl groups is 3. The van der Waals surface area contributed by atoms with Crippen molar-refractivity contribution in [2.24, 2.45) is 29.6 Å². The number of cyclic esters (lactones) is 1. The molecule has 1 aromatic rings. The van der Waals surface area contributed by atoms with Gasteiger partial charge in [-0.2, -0.15) is 0 Å². The largest absolute Gasteiger partial charge is 0.448 e. The summed E-state index contributed by atoms with van der Waals surface area (Å²) in [5.74, 6) is -4.27. The van der Waals surface area contributed by atoms with Gasteiger partial charge in [0.25, 0.3) is 0 Å². The van der Waals surface area contributed by atoms with E-state index in [-0.39, 0.29) is 60.5 Å². The Bertz CT molecular complexity index is 2090. The SMILES string of the molecule is CO[C@H](c1ccc(C2CCS(=O)(=O)C2)cc1)[C@@H](CF)NC(=O)CCN(C)[C@@H]1C[C@H](O[C@@H]2[C@@H](C)C([C@H]3C[C@@](C)(OC)[C@@H](O)[C@H](C)O3)[C@@H](C)C(=O)O[C@H](I)[C@@](C)(O)[C@H](O)[C@@H](C)C(=N)[C@H](C)C[C@@]2(C)OC)O[C@H](C)C1. The second kappa shape index (κ2) is 25.0. The molecule has 5 N–H and O–H groups in total. The number of halogens is 2. The van der Waals surface area contributed by atoms with Crippen LogP contribution in [-0.2, 0) is 52.6 Å². The molecule has 20 atom stereocenters. The van der Waals surface area contributed by atoms with E-state index in [4.69, 9.17) is 33.2 Å². The summed E-state index contributed by atoms with van der Waals surface area (Å²) < 4.78 is 82.1. The van der Waals surface area contributed by atoms with Gasteiger partial charge in [-0.1, -0.05) is 52.0 Å². The number of carbonyl (C=O) groups is 2. The first-order valence-corrected chi connectivity index (χ1v) is 28.6. The summed E-state index contributed by atoms with van der Waals surface area (Å²) >= 11 is 1.82. The van der Waals surface area contributed by atoms with Crippen LogP contribution in [0.5, 0.6) is 0 Å². The van der Waals surface area contributed by atoms with Crippen molar-refractivity contribution in [3.63, 3.8) is 0 Å². The maximum atomic E-state index is 14.7. The topological polar surface area (TPSA) is 233 Å². The van der Waals surface area contributed by atoms with Crippen molar-refractivity contribution < 1.29 is 70.9 Å². The fraction of sp³-hybridized carbons (Fsp3) is 0.827. The van der Waals surface area contributed by atoms with Crippen LogP contribution in [0.3, 0.4) is 0 Å². The predicted octanol–water partition coefficient (Wildman–Crippen LogP) is 5.68. The summed E-state index contributed by atoms with van der Waals surface area (Å²) in [7, 11) is 3.43. The molecule has 4 saturated heterocycles. The number of esters is 1. The van der Waals surface area contributed by atoms with Crippen LogP contribution in [0, 0.1) is 35.0 Å². The summed E-state index contributed by atoms with van der Waals surface area (Å²) in [6, 6.07) is 6.21. The number of carbonyl (C=O) groups excluding carboxylic acids is 2. The van der Waals surface area contributed by atoms with Gasteiger partial charge in [0.05, 0.1) is 65.2 Å². The molecule has 0 saturated carbocycles. The number of nitrogens with zero attached hydrogens (tertiary/aromatic N) is 1. The Hall–Kier alpha value is -1.96. The van der Waals surface area contributed by atoms with Crippen LogP contribution in [-0.4, -0.2) is 175 Å². The molecule has 4 aliphatic heterocycles. The van der Waals surface area contributed by atoms with E-state index in [1.54, 1.807) is 40.0 Å². The van der Waals surface area contributed by atoms with E-state index in [1.807, 2.05) is 76.4 Å². The third-order valence-corrected chi connectivity index (χ3v) is 20.0. The molecule has 0 radical (unpaired) electrons. The van der Waals surface area contributed by atoms with Crippen molar-refractivity contribution in [1.29, 1.82) is 5.41 Å². The van der Waals surface area contributed by atoms with Gasteiger partial charge in [-0.3, -0.25) is 9.59 Å². The Morgan fingerprint density at radius 1 is 0.972 bits per heavy atom. The van der Waals surface area contributed by atoms with Gasteiger partial charge in [0.15, 0.2) is 20.2 Å². The van der Waals surface area contributed by atoms with Crippen LogP contribution in [0.25, 0.3) is 0 Å². The van der Waals surface area contributed by atoms with E-state index >= 15 is 0 Å². The van der Waals surface area contributed by atoms with Gasteiger partial charge in [-0.25, -0.2) is 12.8 Å². The van der Waals surface area contributed by atoms with Crippen LogP contribution < -0.4 is 5.32 Å². The highest BCUT2D eigenvalue weighted by Gasteiger charge is 2.55. The van der Waals surface area contributed by atoms with Crippen molar-refractivity contribution in [2.75, 3.05) is 53.1 Å². The van der Waals surface area contributed by atoms with E-state index in [1.165, 1.54) is 21.1 Å². The smallest absolute Gasteiger partial charge is 0.310 e. The normalized spacial score (nSPS) is 41.3. The van der Waals surface area contributed by atoms with Crippen molar-refractivity contribution in [1.82, 2.24) is 10.2 Å². The Labute approximate surface area is 441 Å².